The molecule has 0 fully saturated rings. The van der Waals surface area contributed by atoms with E-state index in [0.717, 1.165) is 30.5 Å². The quantitative estimate of drug-likeness (QED) is 0.138. The third-order valence-corrected chi connectivity index (χ3v) is 6.95. The molecule has 1 N–H and O–H groups in total. The molecular formula is C21H14BrN3O3S2. The molecule has 0 aliphatic rings. The molecule has 0 amide bonds. The van der Waals surface area contributed by atoms with Gasteiger partial charge in [-0.2, -0.15) is 0 Å². The molecule has 0 aliphatic heterocycles. The summed E-state index contributed by atoms with van der Waals surface area (Å²) >= 11 is 6.75. The van der Waals surface area contributed by atoms with Gasteiger partial charge in [0.1, 0.15) is 0 Å². The van der Waals surface area contributed by atoms with Crippen LogP contribution >= 0.6 is 39.0 Å². The second-order valence-electron chi connectivity index (χ2n) is 6.31. The molecule has 0 bridgehead atoms. The summed E-state index contributed by atoms with van der Waals surface area (Å²) in [7, 11) is 0. The maximum Gasteiger partial charge on any atom is 0.311 e. The molecule has 9 heteroatoms. The normalized spacial score (nSPS) is 11.4. The highest BCUT2D eigenvalue weighted by atomic mass is 79.9. The number of benzene rings is 3. The van der Waals surface area contributed by atoms with E-state index in [1.54, 1.807) is 29.2 Å². The van der Waals surface area contributed by atoms with Crippen LogP contribution in [-0.4, -0.2) is 21.2 Å². The highest BCUT2D eigenvalue weighted by Gasteiger charge is 2.12. The Labute approximate surface area is 188 Å². The average molecular weight is 500 g/mol. The Bertz CT molecular complexity index is 1260. The van der Waals surface area contributed by atoms with Crippen LogP contribution in [0.3, 0.4) is 0 Å². The van der Waals surface area contributed by atoms with Gasteiger partial charge < -0.3 is 5.11 Å². The lowest BCUT2D eigenvalue weighted by molar-refractivity contribution is -0.385. The number of halogens is 1. The van der Waals surface area contributed by atoms with Crippen LogP contribution in [0.25, 0.3) is 10.2 Å². The molecule has 1 heterocycles. The van der Waals surface area contributed by atoms with Crippen molar-refractivity contribution >= 4 is 66.8 Å². The van der Waals surface area contributed by atoms with Crippen LogP contribution in [0.1, 0.15) is 11.1 Å². The van der Waals surface area contributed by atoms with Crippen LogP contribution in [-0.2, 0) is 5.75 Å². The fourth-order valence-corrected chi connectivity index (χ4v) is 5.00. The maximum atomic E-state index is 10.9. The molecule has 0 aliphatic carbocycles. The van der Waals surface area contributed by atoms with Crippen molar-refractivity contribution in [1.29, 1.82) is 0 Å². The third-order valence-electron chi connectivity index (χ3n) is 4.19. The predicted molar refractivity (Wildman–Crippen MR) is 125 cm³/mol. The van der Waals surface area contributed by atoms with Crippen molar-refractivity contribution in [2.45, 2.75) is 10.1 Å². The fraction of sp³-hybridized carbons (Fsp3) is 0.0476. The first-order valence-electron chi connectivity index (χ1n) is 8.77. The van der Waals surface area contributed by atoms with Gasteiger partial charge in [-0.05, 0) is 53.6 Å². The minimum Gasteiger partial charge on any atom is -0.502 e. The van der Waals surface area contributed by atoms with Crippen molar-refractivity contribution in [2.75, 3.05) is 0 Å². The number of aromatic nitrogens is 1. The van der Waals surface area contributed by atoms with E-state index in [0.29, 0.717) is 5.56 Å². The Morgan fingerprint density at radius 2 is 1.97 bits per heavy atom. The van der Waals surface area contributed by atoms with Gasteiger partial charge in [-0.15, -0.1) is 11.3 Å². The van der Waals surface area contributed by atoms with Crippen molar-refractivity contribution in [2.24, 2.45) is 4.99 Å². The molecule has 0 unspecified atom stereocenters. The molecule has 0 atom stereocenters. The lowest BCUT2D eigenvalue weighted by atomic mass is 10.2. The largest absolute Gasteiger partial charge is 0.502 e. The predicted octanol–water partition coefficient (Wildman–Crippen LogP) is 6.72. The number of aliphatic imine (C=N–C) groups is 1. The molecule has 150 valence electrons. The molecule has 4 aromatic rings. The van der Waals surface area contributed by atoms with Gasteiger partial charge in [-0.25, -0.2) is 4.98 Å². The van der Waals surface area contributed by atoms with Gasteiger partial charge in [0.05, 0.1) is 20.8 Å². The number of hydrogen-bond donors (Lipinski definition) is 1. The summed E-state index contributed by atoms with van der Waals surface area (Å²) in [6, 6.07) is 18.1. The van der Waals surface area contributed by atoms with E-state index in [1.807, 2.05) is 30.3 Å². The summed E-state index contributed by atoms with van der Waals surface area (Å²) in [5, 5.41) is 20.5. The van der Waals surface area contributed by atoms with E-state index in [9.17, 15) is 15.2 Å². The molecule has 0 saturated heterocycles. The number of aromatic hydroxyl groups is 1. The Kier molecular flexibility index (Phi) is 6.12. The van der Waals surface area contributed by atoms with Gasteiger partial charge in [0.25, 0.3) is 0 Å². The number of thioether (sulfide) groups is 1. The monoisotopic (exact) mass is 499 g/mol. The van der Waals surface area contributed by atoms with Crippen LogP contribution in [0.4, 0.5) is 11.4 Å². The summed E-state index contributed by atoms with van der Waals surface area (Å²) in [5.74, 6) is 0.481. The van der Waals surface area contributed by atoms with Gasteiger partial charge >= 0.3 is 5.69 Å². The Morgan fingerprint density at radius 1 is 1.17 bits per heavy atom. The summed E-state index contributed by atoms with van der Waals surface area (Å²) in [6.45, 7) is 0. The zero-order chi connectivity index (χ0) is 21.1. The molecule has 30 heavy (non-hydrogen) atoms. The third kappa shape index (κ3) is 4.86. The van der Waals surface area contributed by atoms with Crippen molar-refractivity contribution < 1.29 is 10.0 Å². The van der Waals surface area contributed by atoms with Crippen LogP contribution in [0.2, 0.25) is 0 Å². The maximum absolute atomic E-state index is 10.9. The van der Waals surface area contributed by atoms with Gasteiger partial charge in [-0.1, -0.05) is 39.8 Å². The zero-order valence-electron chi connectivity index (χ0n) is 15.4. The molecule has 1 aromatic heterocycles. The van der Waals surface area contributed by atoms with E-state index in [4.69, 9.17) is 0 Å². The second-order valence-corrected chi connectivity index (χ2v) is 9.48. The topological polar surface area (TPSA) is 88.6 Å². The number of phenols is 1. The number of fused-ring (bicyclic) bond motifs is 1. The number of nitro benzene ring substituents is 1. The minimum atomic E-state index is -0.622. The molecular weight excluding hydrogens is 486 g/mol. The fourth-order valence-electron chi connectivity index (χ4n) is 2.68. The Morgan fingerprint density at radius 3 is 2.73 bits per heavy atom. The van der Waals surface area contributed by atoms with Crippen molar-refractivity contribution in [1.82, 2.24) is 4.98 Å². The zero-order valence-corrected chi connectivity index (χ0v) is 18.6. The van der Waals surface area contributed by atoms with E-state index < -0.39 is 4.92 Å². The van der Waals surface area contributed by atoms with E-state index in [-0.39, 0.29) is 11.4 Å². The highest BCUT2D eigenvalue weighted by Crippen LogP contribution is 2.34. The standard InChI is InChI=1S/C21H14BrN3O3S2/c22-15-4-1-13(2-5-15)12-29-21-24-17-7-6-16(10-20(17)30-21)23-11-14-3-8-19(26)18(9-14)25(27)28/h1-11,26H,12H2. The van der Waals surface area contributed by atoms with Crippen molar-refractivity contribution in [3.8, 4) is 5.75 Å². The summed E-state index contributed by atoms with van der Waals surface area (Å²) in [5.41, 5.74) is 3.07. The van der Waals surface area contributed by atoms with Crippen LogP contribution in [0.5, 0.6) is 5.75 Å². The van der Waals surface area contributed by atoms with E-state index in [1.165, 1.54) is 23.9 Å². The molecule has 4 rings (SSSR count). The first-order chi connectivity index (χ1) is 14.5. The van der Waals surface area contributed by atoms with E-state index in [2.05, 4.69) is 38.0 Å². The van der Waals surface area contributed by atoms with Gasteiger partial charge in [-0.3, -0.25) is 15.1 Å². The Hall–Kier alpha value is -2.75. The van der Waals surface area contributed by atoms with Gasteiger partial charge in [0.15, 0.2) is 10.1 Å². The van der Waals surface area contributed by atoms with Crippen molar-refractivity contribution in [3.05, 3.63) is 86.4 Å². The minimum absolute atomic E-state index is 0.343. The molecule has 0 radical (unpaired) electrons. The van der Waals surface area contributed by atoms with Crippen LogP contribution < -0.4 is 0 Å². The van der Waals surface area contributed by atoms with Crippen LogP contribution in [0, 0.1) is 10.1 Å². The highest BCUT2D eigenvalue weighted by molar-refractivity contribution is 9.10. The number of hydrogen-bond acceptors (Lipinski definition) is 7. The SMILES string of the molecule is O=[N+]([O-])c1cc(C=Nc2ccc3nc(SCc4ccc(Br)cc4)sc3c2)ccc1O. The van der Waals surface area contributed by atoms with Crippen molar-refractivity contribution in [3.63, 3.8) is 0 Å². The number of thiazole rings is 1. The summed E-state index contributed by atoms with van der Waals surface area (Å²) in [6.07, 6.45) is 1.54. The van der Waals surface area contributed by atoms with Gasteiger partial charge in [0, 0.05) is 22.5 Å². The summed E-state index contributed by atoms with van der Waals surface area (Å²) in [4.78, 5) is 19.4. The number of nitro groups is 1. The lowest BCUT2D eigenvalue weighted by Gasteiger charge is -1.98. The smallest absolute Gasteiger partial charge is 0.311 e. The Balaban J connectivity index is 1.49. The molecule has 0 spiro atoms. The molecule has 6 nitrogen and oxygen atoms in total. The van der Waals surface area contributed by atoms with E-state index >= 15 is 0 Å². The first kappa shape index (κ1) is 20.5. The molecule has 3 aromatic carbocycles. The molecule has 0 saturated carbocycles. The number of nitrogens with zero attached hydrogens (tertiary/aromatic N) is 3. The lowest BCUT2D eigenvalue weighted by Crippen LogP contribution is -1.90. The van der Waals surface area contributed by atoms with Crippen LogP contribution in [0.15, 0.2) is 74.5 Å². The summed E-state index contributed by atoms with van der Waals surface area (Å²) < 4.78 is 3.08. The van der Waals surface area contributed by atoms with Gasteiger partial charge in [0.2, 0.25) is 0 Å². The average Bonchev–Trinajstić information content (AvgIpc) is 3.14. The number of rotatable bonds is 6. The number of phenolic OH excluding ortho intramolecular Hbond substituents is 1. The second kappa shape index (κ2) is 8.95. The first-order valence-corrected chi connectivity index (χ1v) is 11.4.